The zero-order valence-corrected chi connectivity index (χ0v) is 11.4. The van der Waals surface area contributed by atoms with Gasteiger partial charge in [-0.15, -0.1) is 0 Å². The highest BCUT2D eigenvalue weighted by molar-refractivity contribution is 5.75. The molecule has 3 atom stereocenters. The highest BCUT2D eigenvalue weighted by atomic mass is 16.3. The molecule has 1 aliphatic heterocycles. The lowest BCUT2D eigenvalue weighted by molar-refractivity contribution is 0.150. The Morgan fingerprint density at radius 3 is 2.89 bits per heavy atom. The normalized spacial score (nSPS) is 32.6. The van der Waals surface area contributed by atoms with Crippen molar-refractivity contribution in [2.75, 3.05) is 13.2 Å². The van der Waals surface area contributed by atoms with Crippen LogP contribution in [0.2, 0.25) is 0 Å². The molecule has 2 fully saturated rings. The third-order valence-electron chi connectivity index (χ3n) is 4.54. The minimum Gasteiger partial charge on any atom is -0.394 e. The molecule has 1 saturated heterocycles. The Morgan fingerprint density at radius 2 is 2.17 bits per heavy atom. The highest BCUT2D eigenvalue weighted by Gasteiger charge is 2.30. The van der Waals surface area contributed by atoms with Crippen molar-refractivity contribution < 1.29 is 9.90 Å². The third-order valence-corrected chi connectivity index (χ3v) is 4.54. The monoisotopic (exact) mass is 254 g/mol. The largest absolute Gasteiger partial charge is 0.394 e. The van der Waals surface area contributed by atoms with Crippen molar-refractivity contribution in [1.82, 2.24) is 10.2 Å². The number of rotatable bonds is 3. The second-order valence-corrected chi connectivity index (χ2v) is 5.76. The van der Waals surface area contributed by atoms with Gasteiger partial charge >= 0.3 is 6.03 Å². The smallest absolute Gasteiger partial charge is 0.317 e. The van der Waals surface area contributed by atoms with Crippen LogP contribution < -0.4 is 5.32 Å². The third kappa shape index (κ3) is 3.16. The lowest BCUT2D eigenvalue weighted by atomic mass is 9.84. The topological polar surface area (TPSA) is 52.6 Å². The molecule has 3 unspecified atom stereocenters. The molecule has 2 amide bonds. The van der Waals surface area contributed by atoms with Crippen molar-refractivity contribution >= 4 is 6.03 Å². The Bertz CT molecular complexity index is 283. The van der Waals surface area contributed by atoms with E-state index in [2.05, 4.69) is 12.2 Å². The molecule has 18 heavy (non-hydrogen) atoms. The second-order valence-electron chi connectivity index (χ2n) is 5.76. The molecule has 2 N–H and O–H groups in total. The first-order valence-corrected chi connectivity index (χ1v) is 7.42. The van der Waals surface area contributed by atoms with Crippen LogP contribution in [-0.4, -0.2) is 41.3 Å². The average molecular weight is 254 g/mol. The minimum atomic E-state index is 0.0355. The Hall–Kier alpha value is -0.770. The number of hydrogen-bond acceptors (Lipinski definition) is 2. The van der Waals surface area contributed by atoms with Crippen LogP contribution in [0.4, 0.5) is 4.79 Å². The maximum Gasteiger partial charge on any atom is 0.317 e. The predicted octanol–water partition coefficient (Wildman–Crippen LogP) is 2.12. The van der Waals surface area contributed by atoms with E-state index in [0.29, 0.717) is 6.04 Å². The number of aliphatic hydroxyl groups excluding tert-OH is 1. The number of urea groups is 1. The Labute approximate surface area is 110 Å². The number of likely N-dealkylation sites (tertiary alicyclic amines) is 1. The summed E-state index contributed by atoms with van der Waals surface area (Å²) in [6.45, 7) is 3.12. The summed E-state index contributed by atoms with van der Waals surface area (Å²) in [7, 11) is 0. The summed E-state index contributed by atoms with van der Waals surface area (Å²) >= 11 is 0. The van der Waals surface area contributed by atoms with Crippen LogP contribution in [0, 0.1) is 5.92 Å². The van der Waals surface area contributed by atoms with Gasteiger partial charge in [0.15, 0.2) is 0 Å². The van der Waals surface area contributed by atoms with E-state index in [1.165, 1.54) is 19.3 Å². The molecule has 2 aliphatic rings. The Morgan fingerprint density at radius 1 is 1.33 bits per heavy atom. The van der Waals surface area contributed by atoms with Crippen molar-refractivity contribution in [3.8, 4) is 0 Å². The maximum atomic E-state index is 12.2. The minimum absolute atomic E-state index is 0.0355. The van der Waals surface area contributed by atoms with Gasteiger partial charge < -0.3 is 15.3 Å². The number of carbonyl (C=O) groups excluding carboxylic acids is 1. The van der Waals surface area contributed by atoms with E-state index in [4.69, 9.17) is 0 Å². The molecule has 104 valence electrons. The number of carbonyl (C=O) groups is 1. The van der Waals surface area contributed by atoms with E-state index in [1.807, 2.05) is 4.90 Å². The summed E-state index contributed by atoms with van der Waals surface area (Å²) in [6, 6.07) is 0.417. The van der Waals surface area contributed by atoms with Crippen molar-refractivity contribution in [1.29, 1.82) is 0 Å². The van der Waals surface area contributed by atoms with Crippen LogP contribution in [0.15, 0.2) is 0 Å². The number of nitrogens with one attached hydrogen (secondary N) is 1. The summed E-state index contributed by atoms with van der Waals surface area (Å²) < 4.78 is 0. The number of hydrogen-bond donors (Lipinski definition) is 2. The first kappa shape index (κ1) is 13.7. The lowest BCUT2D eigenvalue weighted by Crippen LogP contribution is -2.48. The molecule has 0 bridgehead atoms. The van der Waals surface area contributed by atoms with E-state index in [1.54, 1.807) is 0 Å². The molecule has 4 nitrogen and oxygen atoms in total. The van der Waals surface area contributed by atoms with Gasteiger partial charge in [-0.1, -0.05) is 26.2 Å². The van der Waals surface area contributed by atoms with Crippen molar-refractivity contribution in [3.63, 3.8) is 0 Å². The lowest BCUT2D eigenvalue weighted by Gasteiger charge is -2.32. The fourth-order valence-corrected chi connectivity index (χ4v) is 3.34. The highest BCUT2D eigenvalue weighted by Crippen LogP contribution is 2.27. The molecule has 0 aromatic rings. The van der Waals surface area contributed by atoms with Gasteiger partial charge in [-0.25, -0.2) is 4.79 Å². The summed E-state index contributed by atoms with van der Waals surface area (Å²) in [5.74, 6) is 0.774. The van der Waals surface area contributed by atoms with E-state index in [-0.39, 0.29) is 18.7 Å². The van der Waals surface area contributed by atoms with Gasteiger partial charge in [0.25, 0.3) is 0 Å². The molecule has 0 radical (unpaired) electrons. The quantitative estimate of drug-likeness (QED) is 0.810. The first-order chi connectivity index (χ1) is 8.74. The van der Waals surface area contributed by atoms with E-state index in [0.717, 1.165) is 38.1 Å². The zero-order chi connectivity index (χ0) is 13.0. The summed E-state index contributed by atoms with van der Waals surface area (Å²) in [6.07, 6.45) is 7.95. The van der Waals surface area contributed by atoms with E-state index >= 15 is 0 Å². The van der Waals surface area contributed by atoms with Crippen LogP contribution in [-0.2, 0) is 0 Å². The standard InChI is InChI=1S/C14H26N2O2/c1-2-11-5-3-6-12(9-11)15-14(18)16-8-4-7-13(16)10-17/h11-13,17H,2-10H2,1H3,(H,15,18). The fourth-order valence-electron chi connectivity index (χ4n) is 3.34. The molecule has 1 heterocycles. The first-order valence-electron chi connectivity index (χ1n) is 7.42. The number of aliphatic hydroxyl groups is 1. The van der Waals surface area contributed by atoms with Crippen LogP contribution in [0.3, 0.4) is 0 Å². The van der Waals surface area contributed by atoms with Gasteiger partial charge in [-0.2, -0.15) is 0 Å². The Balaban J connectivity index is 1.83. The van der Waals surface area contributed by atoms with Crippen molar-refractivity contribution in [2.24, 2.45) is 5.92 Å². The SMILES string of the molecule is CCC1CCCC(NC(=O)N2CCCC2CO)C1. The fraction of sp³-hybridized carbons (Fsp3) is 0.929. The second kappa shape index (κ2) is 6.41. The van der Waals surface area contributed by atoms with Crippen molar-refractivity contribution in [2.45, 2.75) is 64.0 Å². The molecule has 4 heteroatoms. The summed E-state index contributed by atoms with van der Waals surface area (Å²) in [5, 5.41) is 12.4. The average Bonchev–Trinajstić information content (AvgIpc) is 2.87. The zero-order valence-electron chi connectivity index (χ0n) is 11.4. The van der Waals surface area contributed by atoms with E-state index in [9.17, 15) is 9.90 Å². The molecular weight excluding hydrogens is 228 g/mol. The van der Waals surface area contributed by atoms with Crippen LogP contribution in [0.5, 0.6) is 0 Å². The van der Waals surface area contributed by atoms with Crippen LogP contribution in [0.25, 0.3) is 0 Å². The molecular formula is C14H26N2O2. The van der Waals surface area contributed by atoms with Gasteiger partial charge in [0.05, 0.1) is 12.6 Å². The molecule has 2 rings (SSSR count). The predicted molar refractivity (Wildman–Crippen MR) is 71.4 cm³/mol. The Kier molecular flexibility index (Phi) is 4.87. The number of nitrogens with zero attached hydrogens (tertiary/aromatic N) is 1. The number of amides is 2. The molecule has 1 saturated carbocycles. The molecule has 1 aliphatic carbocycles. The van der Waals surface area contributed by atoms with Crippen LogP contribution in [0.1, 0.15) is 51.9 Å². The van der Waals surface area contributed by atoms with Gasteiger partial charge in [0.2, 0.25) is 0 Å². The van der Waals surface area contributed by atoms with Crippen molar-refractivity contribution in [3.05, 3.63) is 0 Å². The van der Waals surface area contributed by atoms with Gasteiger partial charge in [-0.05, 0) is 31.6 Å². The molecule has 0 aromatic heterocycles. The van der Waals surface area contributed by atoms with Gasteiger partial charge in [0.1, 0.15) is 0 Å². The van der Waals surface area contributed by atoms with E-state index < -0.39 is 0 Å². The van der Waals surface area contributed by atoms with Gasteiger partial charge in [-0.3, -0.25) is 0 Å². The summed E-state index contributed by atoms with van der Waals surface area (Å²) in [4.78, 5) is 14.0. The van der Waals surface area contributed by atoms with Gasteiger partial charge in [0, 0.05) is 12.6 Å². The maximum absolute atomic E-state index is 12.2. The summed E-state index contributed by atoms with van der Waals surface area (Å²) in [5.41, 5.74) is 0. The molecule has 0 spiro atoms. The molecule has 0 aromatic carbocycles. The van der Waals surface area contributed by atoms with Crippen LogP contribution >= 0.6 is 0 Å².